The molecular formula is C19H22N6OS2. The molecule has 0 amide bonds. The summed E-state index contributed by atoms with van der Waals surface area (Å²) in [4.78, 5) is 9.12. The minimum absolute atomic E-state index is 0.704. The van der Waals surface area contributed by atoms with Crippen molar-refractivity contribution >= 4 is 40.2 Å². The van der Waals surface area contributed by atoms with Crippen molar-refractivity contribution in [3.05, 3.63) is 52.6 Å². The molecule has 1 saturated heterocycles. The molecule has 1 aliphatic rings. The van der Waals surface area contributed by atoms with Crippen LogP contribution in [-0.4, -0.2) is 53.0 Å². The normalized spacial score (nSPS) is 14.8. The number of rotatable bonds is 6. The molecule has 2 aromatic heterocycles. The van der Waals surface area contributed by atoms with E-state index in [0.29, 0.717) is 6.67 Å². The second kappa shape index (κ2) is 8.68. The Labute approximate surface area is 173 Å². The Hall–Kier alpha value is -2.49. The summed E-state index contributed by atoms with van der Waals surface area (Å²) in [5.41, 5.74) is 0.959. The lowest BCUT2D eigenvalue weighted by Gasteiger charge is -2.35. The van der Waals surface area contributed by atoms with E-state index in [-0.39, 0.29) is 0 Å². The first-order chi connectivity index (χ1) is 13.7. The van der Waals surface area contributed by atoms with E-state index >= 15 is 0 Å². The van der Waals surface area contributed by atoms with Crippen LogP contribution in [0.5, 0.6) is 5.75 Å². The lowest BCUT2D eigenvalue weighted by molar-refractivity contribution is 0.195. The van der Waals surface area contributed by atoms with Crippen LogP contribution in [0.15, 0.2) is 48.7 Å². The molecule has 0 aliphatic carbocycles. The van der Waals surface area contributed by atoms with Gasteiger partial charge in [0.25, 0.3) is 0 Å². The molecule has 28 heavy (non-hydrogen) atoms. The third-order valence-corrected chi connectivity index (χ3v) is 5.85. The summed E-state index contributed by atoms with van der Waals surface area (Å²) >= 11 is 6.99. The molecule has 4 rings (SSSR count). The number of pyridine rings is 1. The van der Waals surface area contributed by atoms with E-state index in [0.717, 1.165) is 52.5 Å². The fourth-order valence-corrected chi connectivity index (χ4v) is 4.11. The molecule has 146 valence electrons. The van der Waals surface area contributed by atoms with E-state index in [9.17, 15) is 0 Å². The van der Waals surface area contributed by atoms with Crippen LogP contribution in [0.2, 0.25) is 0 Å². The van der Waals surface area contributed by atoms with E-state index in [1.54, 1.807) is 7.11 Å². The van der Waals surface area contributed by atoms with Gasteiger partial charge >= 0.3 is 0 Å². The first-order valence-corrected chi connectivity index (χ1v) is 10.3. The molecule has 9 heteroatoms. The summed E-state index contributed by atoms with van der Waals surface area (Å²) in [5, 5.41) is 8.75. The highest BCUT2D eigenvalue weighted by Gasteiger charge is 2.18. The van der Waals surface area contributed by atoms with Crippen molar-refractivity contribution in [3.63, 3.8) is 0 Å². The van der Waals surface area contributed by atoms with Gasteiger partial charge in [-0.2, -0.15) is 0 Å². The average molecular weight is 415 g/mol. The Balaban J connectivity index is 1.35. The second-order valence-electron chi connectivity index (χ2n) is 6.46. The number of nitrogens with zero attached hydrogens (tertiary/aromatic N) is 5. The Kier molecular flexibility index (Phi) is 5.84. The molecule has 1 N–H and O–H groups in total. The minimum Gasteiger partial charge on any atom is -0.497 e. The molecule has 0 atom stereocenters. The number of anilines is 3. The van der Waals surface area contributed by atoms with E-state index in [1.165, 1.54) is 11.3 Å². The Bertz CT molecular complexity index is 949. The Morgan fingerprint density at radius 3 is 2.57 bits per heavy atom. The fourth-order valence-electron chi connectivity index (χ4n) is 3.09. The molecule has 1 fully saturated rings. The van der Waals surface area contributed by atoms with Crippen molar-refractivity contribution in [3.8, 4) is 5.75 Å². The highest BCUT2D eigenvalue weighted by atomic mass is 32.1. The van der Waals surface area contributed by atoms with Gasteiger partial charge in [-0.1, -0.05) is 17.4 Å². The van der Waals surface area contributed by atoms with Crippen LogP contribution < -0.4 is 15.0 Å². The van der Waals surface area contributed by atoms with E-state index < -0.39 is 0 Å². The van der Waals surface area contributed by atoms with Crippen molar-refractivity contribution in [2.24, 2.45) is 0 Å². The topological polar surface area (TPSA) is 58.5 Å². The standard InChI is InChI=1S/C19H22N6OS2/c1-26-16-7-5-15(6-8-16)21-18-22-25(19(27)28-18)14-23-10-12-24(13-11-23)17-4-2-3-9-20-17/h2-9H,10-14H2,1H3,(H,21,22). The number of hydrogen-bond donors (Lipinski definition) is 1. The van der Waals surface area contributed by atoms with E-state index in [2.05, 4.69) is 31.3 Å². The SMILES string of the molecule is COc1ccc(Nc2nn(CN3CCN(c4ccccn4)CC3)c(=S)s2)cc1. The van der Waals surface area contributed by atoms with Crippen molar-refractivity contribution in [2.45, 2.75) is 6.67 Å². The molecule has 0 unspecified atom stereocenters. The van der Waals surface area contributed by atoms with Crippen LogP contribution in [0.25, 0.3) is 0 Å². The van der Waals surface area contributed by atoms with Gasteiger partial charge in [-0.3, -0.25) is 4.90 Å². The summed E-state index contributed by atoms with van der Waals surface area (Å²) in [5.74, 6) is 1.87. The van der Waals surface area contributed by atoms with Crippen molar-refractivity contribution in [1.82, 2.24) is 19.7 Å². The van der Waals surface area contributed by atoms with Gasteiger partial charge in [-0.05, 0) is 48.6 Å². The van der Waals surface area contributed by atoms with Crippen molar-refractivity contribution in [1.29, 1.82) is 0 Å². The van der Waals surface area contributed by atoms with Gasteiger partial charge in [0.05, 0.1) is 13.8 Å². The zero-order chi connectivity index (χ0) is 19.3. The van der Waals surface area contributed by atoms with Crippen LogP contribution in [0.3, 0.4) is 0 Å². The lowest BCUT2D eigenvalue weighted by Crippen LogP contribution is -2.47. The molecule has 0 saturated carbocycles. The summed E-state index contributed by atoms with van der Waals surface area (Å²) in [6.45, 7) is 4.51. The van der Waals surface area contributed by atoms with Crippen LogP contribution in [-0.2, 0) is 6.67 Å². The summed E-state index contributed by atoms with van der Waals surface area (Å²) < 4.78 is 7.85. The van der Waals surface area contributed by atoms with E-state index in [4.69, 9.17) is 17.0 Å². The number of nitrogens with one attached hydrogen (secondary N) is 1. The number of ether oxygens (including phenoxy) is 1. The molecule has 0 radical (unpaired) electrons. The van der Waals surface area contributed by atoms with Crippen LogP contribution in [0, 0.1) is 3.95 Å². The molecule has 7 nitrogen and oxygen atoms in total. The monoisotopic (exact) mass is 414 g/mol. The van der Waals surface area contributed by atoms with Gasteiger partial charge < -0.3 is 15.0 Å². The van der Waals surface area contributed by atoms with Gasteiger partial charge in [0, 0.05) is 38.1 Å². The van der Waals surface area contributed by atoms with Crippen molar-refractivity contribution in [2.75, 3.05) is 43.5 Å². The maximum Gasteiger partial charge on any atom is 0.209 e. The van der Waals surface area contributed by atoms with Gasteiger partial charge in [-0.15, -0.1) is 5.10 Å². The molecule has 3 aromatic rings. The largest absolute Gasteiger partial charge is 0.497 e. The summed E-state index contributed by atoms with van der Waals surface area (Å²) in [6.07, 6.45) is 1.84. The molecule has 3 heterocycles. The number of piperazine rings is 1. The zero-order valence-corrected chi connectivity index (χ0v) is 17.2. The van der Waals surface area contributed by atoms with Gasteiger partial charge in [0.2, 0.25) is 5.13 Å². The third-order valence-electron chi connectivity index (χ3n) is 4.63. The number of aromatic nitrogens is 3. The first kappa shape index (κ1) is 18.9. The minimum atomic E-state index is 0.704. The van der Waals surface area contributed by atoms with Crippen LogP contribution in [0.4, 0.5) is 16.6 Å². The summed E-state index contributed by atoms with van der Waals surface area (Å²) in [6, 6.07) is 13.8. The molecular weight excluding hydrogens is 392 g/mol. The third kappa shape index (κ3) is 4.49. The predicted octanol–water partition coefficient (Wildman–Crippen LogP) is 3.60. The molecule has 0 spiro atoms. The maximum absolute atomic E-state index is 5.51. The smallest absolute Gasteiger partial charge is 0.209 e. The highest BCUT2D eigenvalue weighted by molar-refractivity contribution is 7.73. The quantitative estimate of drug-likeness (QED) is 0.619. The Morgan fingerprint density at radius 2 is 1.89 bits per heavy atom. The number of methoxy groups -OCH3 is 1. The van der Waals surface area contributed by atoms with Gasteiger partial charge in [0.15, 0.2) is 3.95 Å². The average Bonchev–Trinajstić information content (AvgIpc) is 3.08. The van der Waals surface area contributed by atoms with Crippen LogP contribution >= 0.6 is 23.6 Å². The van der Waals surface area contributed by atoms with Crippen LogP contribution in [0.1, 0.15) is 0 Å². The first-order valence-electron chi connectivity index (χ1n) is 9.08. The van der Waals surface area contributed by atoms with Crippen molar-refractivity contribution < 1.29 is 4.74 Å². The fraction of sp³-hybridized carbons (Fsp3) is 0.316. The predicted molar refractivity (Wildman–Crippen MR) is 115 cm³/mol. The molecule has 1 aliphatic heterocycles. The lowest BCUT2D eigenvalue weighted by atomic mass is 10.3. The molecule has 1 aromatic carbocycles. The summed E-state index contributed by atoms with van der Waals surface area (Å²) in [7, 11) is 1.66. The maximum atomic E-state index is 5.51. The zero-order valence-electron chi connectivity index (χ0n) is 15.6. The van der Waals surface area contributed by atoms with Gasteiger partial charge in [0.1, 0.15) is 11.6 Å². The second-order valence-corrected chi connectivity index (χ2v) is 8.08. The van der Waals surface area contributed by atoms with E-state index in [1.807, 2.05) is 47.3 Å². The number of hydrogen-bond acceptors (Lipinski definition) is 8. The molecule has 0 bridgehead atoms. The number of benzene rings is 1. The Morgan fingerprint density at radius 1 is 1.11 bits per heavy atom. The van der Waals surface area contributed by atoms with Gasteiger partial charge in [-0.25, -0.2) is 9.67 Å². The highest BCUT2D eigenvalue weighted by Crippen LogP contribution is 2.23.